The Labute approximate surface area is 164 Å². The van der Waals surface area contributed by atoms with Gasteiger partial charge < -0.3 is 15.5 Å². The second-order valence-electron chi connectivity index (χ2n) is 6.25. The fourth-order valence-corrected chi connectivity index (χ4v) is 2.92. The molecule has 1 amide bonds. The number of nitrogens with zero attached hydrogens (tertiary/aromatic N) is 2. The van der Waals surface area contributed by atoms with Crippen LogP contribution in [0.25, 0.3) is 0 Å². The van der Waals surface area contributed by atoms with Gasteiger partial charge in [0.15, 0.2) is 0 Å². The Balaban J connectivity index is 1.82. The van der Waals surface area contributed by atoms with E-state index in [1.165, 1.54) is 0 Å². The highest BCUT2D eigenvalue weighted by Crippen LogP contribution is 2.21. The van der Waals surface area contributed by atoms with E-state index in [0.29, 0.717) is 34.4 Å². The quantitative estimate of drug-likeness (QED) is 0.636. The van der Waals surface area contributed by atoms with Crippen molar-refractivity contribution in [3.05, 3.63) is 57.7 Å². The number of carbonyl (C=O) groups excluding carboxylic acids is 1. The number of anilines is 1. The minimum Gasteiger partial charge on any atom is -0.370 e. The van der Waals surface area contributed by atoms with Crippen LogP contribution in [0.1, 0.15) is 22.3 Å². The zero-order chi connectivity index (χ0) is 18.9. The Bertz CT molecular complexity index is 737. The summed E-state index contributed by atoms with van der Waals surface area (Å²) in [5.74, 6) is 0.575. The summed E-state index contributed by atoms with van der Waals surface area (Å²) in [4.78, 5) is 18.7. The Hall–Kier alpha value is -1.82. The van der Waals surface area contributed by atoms with Gasteiger partial charge in [-0.1, -0.05) is 29.3 Å². The summed E-state index contributed by atoms with van der Waals surface area (Å²) in [7, 11) is 4.08. The van der Waals surface area contributed by atoms with Crippen LogP contribution >= 0.6 is 23.2 Å². The summed E-state index contributed by atoms with van der Waals surface area (Å²) < 4.78 is 0. The van der Waals surface area contributed by atoms with Crippen LogP contribution in [0.15, 0.2) is 36.5 Å². The van der Waals surface area contributed by atoms with Crippen molar-refractivity contribution in [2.24, 2.45) is 0 Å². The van der Waals surface area contributed by atoms with Gasteiger partial charge in [0.2, 0.25) is 0 Å². The summed E-state index contributed by atoms with van der Waals surface area (Å²) in [6.45, 7) is 2.31. The third-order valence-corrected chi connectivity index (χ3v) is 4.39. The lowest BCUT2D eigenvalue weighted by atomic mass is 10.1. The van der Waals surface area contributed by atoms with E-state index in [1.54, 1.807) is 30.5 Å². The van der Waals surface area contributed by atoms with Crippen molar-refractivity contribution < 1.29 is 4.79 Å². The van der Waals surface area contributed by atoms with Crippen LogP contribution in [0.3, 0.4) is 0 Å². The van der Waals surface area contributed by atoms with E-state index in [2.05, 4.69) is 20.5 Å². The number of carbonyl (C=O) groups is 1. The fourth-order valence-electron chi connectivity index (χ4n) is 2.42. The average molecular weight is 395 g/mol. The molecule has 0 atom stereocenters. The number of benzene rings is 1. The second-order valence-corrected chi connectivity index (χ2v) is 7.10. The highest BCUT2D eigenvalue weighted by molar-refractivity contribution is 6.35. The highest BCUT2D eigenvalue weighted by atomic mass is 35.5. The molecule has 0 bridgehead atoms. The second kappa shape index (κ2) is 10.4. The van der Waals surface area contributed by atoms with Gasteiger partial charge in [0, 0.05) is 34.9 Å². The molecule has 0 aliphatic heterocycles. The molecule has 0 unspecified atom stereocenters. The van der Waals surface area contributed by atoms with Gasteiger partial charge in [-0.05, 0) is 63.3 Å². The minimum absolute atomic E-state index is 0.131. The largest absolute Gasteiger partial charge is 0.370 e. The van der Waals surface area contributed by atoms with Crippen molar-refractivity contribution in [3.8, 4) is 0 Å². The maximum Gasteiger partial charge on any atom is 0.251 e. The fraction of sp³-hybridized carbons (Fsp3) is 0.368. The molecule has 0 fully saturated rings. The van der Waals surface area contributed by atoms with Gasteiger partial charge >= 0.3 is 0 Å². The van der Waals surface area contributed by atoms with Gasteiger partial charge in [0.1, 0.15) is 5.82 Å². The van der Waals surface area contributed by atoms with Gasteiger partial charge in [0.25, 0.3) is 5.91 Å². The molecule has 1 heterocycles. The van der Waals surface area contributed by atoms with Crippen molar-refractivity contribution in [2.75, 3.05) is 39.0 Å². The molecule has 2 rings (SSSR count). The topological polar surface area (TPSA) is 57.3 Å². The summed E-state index contributed by atoms with van der Waals surface area (Å²) >= 11 is 12.0. The summed E-state index contributed by atoms with van der Waals surface area (Å²) in [5.41, 5.74) is 1.53. The lowest BCUT2D eigenvalue weighted by molar-refractivity contribution is 0.0954. The smallest absolute Gasteiger partial charge is 0.251 e. The van der Waals surface area contributed by atoms with Gasteiger partial charge in [0.05, 0.1) is 0 Å². The third-order valence-electron chi connectivity index (χ3n) is 3.81. The van der Waals surface area contributed by atoms with Crippen LogP contribution in [-0.2, 0) is 6.42 Å². The monoisotopic (exact) mass is 394 g/mol. The number of hydrogen-bond donors (Lipinski definition) is 2. The van der Waals surface area contributed by atoms with Gasteiger partial charge in [-0.3, -0.25) is 4.79 Å². The van der Waals surface area contributed by atoms with Crippen LogP contribution in [0.5, 0.6) is 0 Å². The van der Waals surface area contributed by atoms with Gasteiger partial charge in [-0.15, -0.1) is 0 Å². The van der Waals surface area contributed by atoms with Crippen molar-refractivity contribution in [1.82, 2.24) is 15.2 Å². The van der Waals surface area contributed by atoms with Crippen molar-refractivity contribution in [3.63, 3.8) is 0 Å². The normalized spacial score (nSPS) is 10.8. The van der Waals surface area contributed by atoms with Gasteiger partial charge in [-0.2, -0.15) is 0 Å². The molecule has 2 N–H and O–H groups in total. The van der Waals surface area contributed by atoms with E-state index in [9.17, 15) is 4.79 Å². The summed E-state index contributed by atoms with van der Waals surface area (Å²) in [6, 6.07) is 8.84. The molecule has 7 heteroatoms. The van der Waals surface area contributed by atoms with Crippen LogP contribution < -0.4 is 10.6 Å². The molecular weight excluding hydrogens is 371 g/mol. The standard InChI is InChI=1S/C19H24Cl2N4O/c1-25(2)11-3-8-22-18-12-15(7-9-23-18)19(26)24-10-6-14-4-5-16(20)13-17(14)21/h4-5,7,9,12-13H,3,6,8,10-11H2,1-2H3,(H,22,23)(H,24,26). The predicted molar refractivity (Wildman–Crippen MR) is 108 cm³/mol. The lowest BCUT2D eigenvalue weighted by Gasteiger charge is -2.11. The highest BCUT2D eigenvalue weighted by Gasteiger charge is 2.07. The molecular formula is C19H24Cl2N4O. The molecule has 5 nitrogen and oxygen atoms in total. The maximum atomic E-state index is 12.3. The number of amides is 1. The lowest BCUT2D eigenvalue weighted by Crippen LogP contribution is -2.26. The first-order valence-electron chi connectivity index (χ1n) is 8.52. The molecule has 0 saturated carbocycles. The molecule has 0 saturated heterocycles. The number of nitrogens with one attached hydrogen (secondary N) is 2. The number of pyridine rings is 1. The first-order valence-corrected chi connectivity index (χ1v) is 9.28. The SMILES string of the molecule is CN(C)CCCNc1cc(C(=O)NCCc2ccc(Cl)cc2Cl)ccn1. The van der Waals surface area contributed by atoms with E-state index in [4.69, 9.17) is 23.2 Å². The first-order chi connectivity index (χ1) is 12.5. The molecule has 0 aliphatic rings. The van der Waals surface area contributed by atoms with Crippen molar-refractivity contribution in [1.29, 1.82) is 0 Å². The van der Waals surface area contributed by atoms with E-state index in [1.807, 2.05) is 20.2 Å². The zero-order valence-electron chi connectivity index (χ0n) is 15.1. The molecule has 1 aromatic heterocycles. The van der Waals surface area contributed by atoms with Crippen LogP contribution in [0.2, 0.25) is 10.0 Å². The zero-order valence-corrected chi connectivity index (χ0v) is 16.6. The number of aromatic nitrogens is 1. The van der Waals surface area contributed by atoms with Crippen LogP contribution in [0, 0.1) is 0 Å². The summed E-state index contributed by atoms with van der Waals surface area (Å²) in [6.07, 6.45) is 3.29. The van der Waals surface area contributed by atoms with Gasteiger partial charge in [-0.25, -0.2) is 4.98 Å². The van der Waals surface area contributed by atoms with Crippen molar-refractivity contribution in [2.45, 2.75) is 12.8 Å². The Morgan fingerprint density at radius 2 is 1.96 bits per heavy atom. The summed E-state index contributed by atoms with van der Waals surface area (Å²) in [5, 5.41) is 7.36. The Morgan fingerprint density at radius 1 is 1.15 bits per heavy atom. The van der Waals surface area contributed by atoms with E-state index >= 15 is 0 Å². The Morgan fingerprint density at radius 3 is 2.69 bits per heavy atom. The van der Waals surface area contributed by atoms with Crippen molar-refractivity contribution >= 4 is 34.9 Å². The molecule has 0 radical (unpaired) electrons. The Kier molecular flexibility index (Phi) is 8.16. The van der Waals surface area contributed by atoms with E-state index < -0.39 is 0 Å². The number of rotatable bonds is 9. The molecule has 0 aliphatic carbocycles. The van der Waals surface area contributed by atoms with E-state index in [-0.39, 0.29) is 5.91 Å². The molecule has 26 heavy (non-hydrogen) atoms. The average Bonchev–Trinajstić information content (AvgIpc) is 2.60. The number of hydrogen-bond acceptors (Lipinski definition) is 4. The predicted octanol–water partition coefficient (Wildman–Crippen LogP) is 3.72. The first kappa shape index (κ1) is 20.5. The molecule has 1 aromatic carbocycles. The molecule has 140 valence electrons. The minimum atomic E-state index is -0.131. The number of halogens is 2. The third kappa shape index (κ3) is 6.83. The van der Waals surface area contributed by atoms with E-state index in [0.717, 1.165) is 25.1 Å². The molecule has 0 spiro atoms. The maximum absolute atomic E-state index is 12.3. The van der Waals surface area contributed by atoms with Crippen LogP contribution in [0.4, 0.5) is 5.82 Å². The van der Waals surface area contributed by atoms with Crippen LogP contribution in [-0.4, -0.2) is 49.5 Å². The molecule has 2 aromatic rings.